The summed E-state index contributed by atoms with van der Waals surface area (Å²) >= 11 is 5.93. The lowest BCUT2D eigenvalue weighted by Gasteiger charge is -2.14. The summed E-state index contributed by atoms with van der Waals surface area (Å²) in [5.74, 6) is 0. The number of hydrogen-bond donors (Lipinski definition) is 1. The summed E-state index contributed by atoms with van der Waals surface area (Å²) in [4.78, 5) is 10.8. The van der Waals surface area contributed by atoms with E-state index in [0.29, 0.717) is 21.6 Å². The van der Waals surface area contributed by atoms with Crippen LogP contribution in [0, 0.1) is 0 Å². The molecule has 2 aromatic heterocycles. The number of fused-ring (bicyclic) bond motifs is 1. The van der Waals surface area contributed by atoms with E-state index >= 15 is 0 Å². The van der Waals surface area contributed by atoms with Gasteiger partial charge in [0.25, 0.3) is 0 Å². The average molecular weight is 290 g/mol. The molecular formula is C10H13ClN3O3P. The van der Waals surface area contributed by atoms with E-state index in [1.165, 1.54) is 6.33 Å². The Hall–Kier alpha value is -0.940. The van der Waals surface area contributed by atoms with E-state index in [9.17, 15) is 4.57 Å². The zero-order valence-electron chi connectivity index (χ0n) is 10.0. The zero-order chi connectivity index (χ0) is 13.2. The van der Waals surface area contributed by atoms with Gasteiger partial charge in [-0.25, -0.2) is 9.97 Å². The first-order valence-electron chi connectivity index (χ1n) is 5.49. The molecule has 98 valence electrons. The number of halogens is 1. The van der Waals surface area contributed by atoms with Gasteiger partial charge in [0.05, 0.1) is 18.6 Å². The normalized spacial score (nSPS) is 12.2. The molecule has 0 saturated carbocycles. The molecule has 0 unspecified atom stereocenters. The van der Waals surface area contributed by atoms with Crippen LogP contribution in [0.4, 0.5) is 0 Å². The van der Waals surface area contributed by atoms with Crippen molar-refractivity contribution in [3.8, 4) is 0 Å². The van der Waals surface area contributed by atoms with Crippen LogP contribution in [-0.4, -0.2) is 28.2 Å². The molecular weight excluding hydrogens is 277 g/mol. The molecule has 0 spiro atoms. The molecule has 0 aliphatic heterocycles. The number of H-pyrrole nitrogens is 1. The van der Waals surface area contributed by atoms with E-state index in [4.69, 9.17) is 20.6 Å². The molecule has 0 fully saturated rings. The van der Waals surface area contributed by atoms with Crippen molar-refractivity contribution in [3.63, 3.8) is 0 Å². The molecule has 18 heavy (non-hydrogen) atoms. The lowest BCUT2D eigenvalue weighted by atomic mass is 10.4. The first-order valence-corrected chi connectivity index (χ1v) is 7.41. The fourth-order valence-corrected chi connectivity index (χ4v) is 3.31. The summed E-state index contributed by atoms with van der Waals surface area (Å²) in [7, 11) is -3.35. The van der Waals surface area contributed by atoms with Crippen molar-refractivity contribution >= 4 is 35.7 Å². The summed E-state index contributed by atoms with van der Waals surface area (Å²) in [6.45, 7) is 4.07. The smallest absolute Gasteiger partial charge is 0.333 e. The van der Waals surface area contributed by atoms with Gasteiger partial charge in [0.2, 0.25) is 0 Å². The molecule has 1 N–H and O–H groups in total. The molecule has 2 heterocycles. The van der Waals surface area contributed by atoms with E-state index in [0.717, 1.165) is 0 Å². The number of nitrogens with zero attached hydrogens (tertiary/aromatic N) is 2. The van der Waals surface area contributed by atoms with Crippen molar-refractivity contribution in [2.75, 3.05) is 13.2 Å². The van der Waals surface area contributed by atoms with Crippen LogP contribution in [0.3, 0.4) is 0 Å². The highest BCUT2D eigenvalue weighted by molar-refractivity contribution is 7.62. The molecule has 0 radical (unpaired) electrons. The van der Waals surface area contributed by atoms with Crippen LogP contribution >= 0.6 is 19.2 Å². The van der Waals surface area contributed by atoms with Gasteiger partial charge in [-0.3, -0.25) is 4.57 Å². The number of aromatic amines is 1. The number of rotatable bonds is 5. The van der Waals surface area contributed by atoms with Crippen molar-refractivity contribution in [1.82, 2.24) is 15.0 Å². The predicted octanol–water partition coefficient (Wildman–Crippen LogP) is 2.50. The quantitative estimate of drug-likeness (QED) is 0.676. The van der Waals surface area contributed by atoms with E-state index in [1.54, 1.807) is 19.9 Å². The van der Waals surface area contributed by atoms with Gasteiger partial charge in [-0.2, -0.15) is 0 Å². The van der Waals surface area contributed by atoms with Crippen LogP contribution in [-0.2, 0) is 13.6 Å². The number of aromatic nitrogens is 3. The van der Waals surface area contributed by atoms with Gasteiger partial charge in [0.1, 0.15) is 22.6 Å². The van der Waals surface area contributed by atoms with Gasteiger partial charge in [0.15, 0.2) is 0 Å². The van der Waals surface area contributed by atoms with E-state index < -0.39 is 7.60 Å². The van der Waals surface area contributed by atoms with Crippen molar-refractivity contribution in [2.45, 2.75) is 13.8 Å². The second kappa shape index (κ2) is 5.36. The first-order chi connectivity index (χ1) is 8.60. The fraction of sp³-hybridized carbons (Fsp3) is 0.400. The topological polar surface area (TPSA) is 77.1 Å². The minimum Gasteiger partial charge on any atom is -0.333 e. The second-order valence-corrected chi connectivity index (χ2v) is 5.77. The van der Waals surface area contributed by atoms with Crippen LogP contribution < -0.4 is 5.44 Å². The average Bonchev–Trinajstić information content (AvgIpc) is 2.75. The Kier molecular flexibility index (Phi) is 4.02. The SMILES string of the molecule is CCOP(=O)(OCC)c1cc2c(Cl)ncnc2[nH]1. The summed E-state index contributed by atoms with van der Waals surface area (Å²) in [6.07, 6.45) is 1.33. The van der Waals surface area contributed by atoms with Crippen molar-refractivity contribution in [2.24, 2.45) is 0 Å². The lowest BCUT2D eigenvalue weighted by molar-refractivity contribution is 0.229. The molecule has 2 aromatic rings. The van der Waals surface area contributed by atoms with Gasteiger partial charge >= 0.3 is 7.60 Å². The molecule has 0 atom stereocenters. The summed E-state index contributed by atoms with van der Waals surface area (Å²) in [5.41, 5.74) is 0.841. The Morgan fingerprint density at radius 3 is 2.56 bits per heavy atom. The third-order valence-electron chi connectivity index (χ3n) is 2.26. The van der Waals surface area contributed by atoms with Crippen molar-refractivity contribution in [3.05, 3.63) is 17.5 Å². The van der Waals surface area contributed by atoms with Crippen LogP contribution in [0.2, 0.25) is 5.15 Å². The first kappa shape index (κ1) is 13.5. The summed E-state index contributed by atoms with van der Waals surface area (Å²) in [5, 5.41) is 0.885. The minimum absolute atomic E-state index is 0.284. The van der Waals surface area contributed by atoms with Gasteiger partial charge in [-0.1, -0.05) is 11.6 Å². The minimum atomic E-state index is -3.35. The van der Waals surface area contributed by atoms with Gasteiger partial charge in [-0.15, -0.1) is 0 Å². The Bertz CT molecular complexity index is 591. The third kappa shape index (κ3) is 2.42. The molecule has 0 aliphatic rings. The van der Waals surface area contributed by atoms with Crippen molar-refractivity contribution in [1.29, 1.82) is 0 Å². The molecule has 2 rings (SSSR count). The molecule has 0 saturated heterocycles. The molecule has 8 heteroatoms. The zero-order valence-corrected chi connectivity index (χ0v) is 11.7. The maximum Gasteiger partial charge on any atom is 0.377 e. The summed E-state index contributed by atoms with van der Waals surface area (Å²) < 4.78 is 23.0. The Labute approximate surface area is 109 Å². The van der Waals surface area contributed by atoms with Crippen LogP contribution in [0.1, 0.15) is 13.8 Å². The van der Waals surface area contributed by atoms with Crippen LogP contribution in [0.5, 0.6) is 0 Å². The highest BCUT2D eigenvalue weighted by Crippen LogP contribution is 2.47. The molecule has 0 aliphatic carbocycles. The van der Waals surface area contributed by atoms with Gasteiger partial charge < -0.3 is 14.0 Å². The fourth-order valence-electron chi connectivity index (χ4n) is 1.56. The number of nitrogens with one attached hydrogen (secondary N) is 1. The standard InChI is InChI=1S/C10H13ClN3O3P/c1-3-16-18(15,17-4-2)8-5-7-9(11)12-6-13-10(7)14-8/h5-6H,3-4H2,1-2H3,(H,12,13,14). The molecule has 0 amide bonds. The van der Waals surface area contributed by atoms with Crippen molar-refractivity contribution < 1.29 is 13.6 Å². The maximum atomic E-state index is 12.5. The maximum absolute atomic E-state index is 12.5. The van der Waals surface area contributed by atoms with Gasteiger partial charge in [0, 0.05) is 0 Å². The van der Waals surface area contributed by atoms with Gasteiger partial charge in [-0.05, 0) is 19.9 Å². The predicted molar refractivity (Wildman–Crippen MR) is 69.4 cm³/mol. The Balaban J connectivity index is 2.51. The Morgan fingerprint density at radius 2 is 2.00 bits per heavy atom. The van der Waals surface area contributed by atoms with E-state index in [1.807, 2.05) is 0 Å². The molecule has 6 nitrogen and oxygen atoms in total. The second-order valence-electron chi connectivity index (χ2n) is 3.41. The lowest BCUT2D eigenvalue weighted by Crippen LogP contribution is -2.11. The monoisotopic (exact) mass is 289 g/mol. The van der Waals surface area contributed by atoms with E-state index in [-0.39, 0.29) is 13.2 Å². The highest BCUT2D eigenvalue weighted by atomic mass is 35.5. The van der Waals surface area contributed by atoms with E-state index in [2.05, 4.69) is 15.0 Å². The number of hydrogen-bond acceptors (Lipinski definition) is 5. The highest BCUT2D eigenvalue weighted by Gasteiger charge is 2.29. The Morgan fingerprint density at radius 1 is 1.33 bits per heavy atom. The molecule has 0 bridgehead atoms. The van der Waals surface area contributed by atoms with Crippen LogP contribution in [0.25, 0.3) is 11.0 Å². The third-order valence-corrected chi connectivity index (χ3v) is 4.58. The van der Waals surface area contributed by atoms with Crippen LogP contribution in [0.15, 0.2) is 12.4 Å². The molecule has 0 aromatic carbocycles. The summed E-state index contributed by atoms with van der Waals surface area (Å²) in [6, 6.07) is 1.60. The largest absolute Gasteiger partial charge is 0.377 e.